The lowest BCUT2D eigenvalue weighted by Crippen LogP contribution is -2.34. The van der Waals surface area contributed by atoms with E-state index in [0.717, 1.165) is 22.6 Å². The molecular formula is C17H23N7. The molecule has 2 heterocycles. The van der Waals surface area contributed by atoms with Crippen molar-refractivity contribution >= 4 is 0 Å². The molecule has 3 rings (SSSR count). The Bertz CT molecular complexity index is 771. The summed E-state index contributed by atoms with van der Waals surface area (Å²) in [6.07, 6.45) is 3.77. The van der Waals surface area contributed by atoms with E-state index in [2.05, 4.69) is 65.8 Å². The number of aryl methyl sites for hydroxylation is 2. The van der Waals surface area contributed by atoms with Gasteiger partial charge in [0.2, 0.25) is 0 Å². The topological polar surface area (TPSA) is 73.5 Å². The molecule has 0 saturated carbocycles. The first-order valence-electron chi connectivity index (χ1n) is 8.14. The van der Waals surface area contributed by atoms with Gasteiger partial charge in [0.15, 0.2) is 5.82 Å². The zero-order valence-corrected chi connectivity index (χ0v) is 14.5. The molecule has 1 aromatic carbocycles. The molecule has 0 aliphatic rings. The zero-order chi connectivity index (χ0) is 17.1. The van der Waals surface area contributed by atoms with Gasteiger partial charge in [-0.25, -0.2) is 0 Å². The Labute approximate surface area is 141 Å². The quantitative estimate of drug-likeness (QED) is 0.752. The molecule has 7 heteroatoms. The van der Waals surface area contributed by atoms with Crippen LogP contribution in [0.5, 0.6) is 0 Å². The van der Waals surface area contributed by atoms with E-state index in [4.69, 9.17) is 0 Å². The van der Waals surface area contributed by atoms with Crippen LogP contribution < -0.4 is 5.32 Å². The van der Waals surface area contributed by atoms with Crippen molar-refractivity contribution in [3.8, 4) is 5.69 Å². The summed E-state index contributed by atoms with van der Waals surface area (Å²) >= 11 is 0. The highest BCUT2D eigenvalue weighted by Crippen LogP contribution is 2.18. The fourth-order valence-electron chi connectivity index (χ4n) is 2.80. The third kappa shape index (κ3) is 3.21. The second-order valence-electron chi connectivity index (χ2n) is 6.14. The van der Waals surface area contributed by atoms with Crippen LogP contribution in [0, 0.1) is 13.8 Å². The molecule has 0 bridgehead atoms. The molecule has 0 spiro atoms. The molecule has 2 atom stereocenters. The van der Waals surface area contributed by atoms with Gasteiger partial charge in [-0.1, -0.05) is 18.2 Å². The monoisotopic (exact) mass is 325 g/mol. The molecule has 24 heavy (non-hydrogen) atoms. The van der Waals surface area contributed by atoms with Crippen molar-refractivity contribution in [2.24, 2.45) is 0 Å². The number of nitrogens with one attached hydrogen (secondary N) is 1. The minimum atomic E-state index is 0.230. The van der Waals surface area contributed by atoms with Crippen molar-refractivity contribution in [1.29, 1.82) is 0 Å². The molecule has 0 aliphatic carbocycles. The van der Waals surface area contributed by atoms with Crippen molar-refractivity contribution < 1.29 is 0 Å². The van der Waals surface area contributed by atoms with Gasteiger partial charge in [0.25, 0.3) is 0 Å². The van der Waals surface area contributed by atoms with E-state index in [9.17, 15) is 0 Å². The Hall–Kier alpha value is -2.54. The standard InChI is InChI=1S/C17H23N7/c1-12-7-5-8-13(2)17(12)24-16(20-21-22-24)11-18-14(3)15(4)23-10-6-9-19-23/h5-10,14-15,18H,11H2,1-4H3/t14-,15+/m0/s1. The highest BCUT2D eigenvalue weighted by molar-refractivity contribution is 5.46. The van der Waals surface area contributed by atoms with Crippen molar-refractivity contribution in [2.45, 2.75) is 46.3 Å². The van der Waals surface area contributed by atoms with E-state index in [-0.39, 0.29) is 12.1 Å². The average molecular weight is 325 g/mol. The van der Waals surface area contributed by atoms with Gasteiger partial charge in [-0.05, 0) is 55.3 Å². The van der Waals surface area contributed by atoms with E-state index in [1.807, 2.05) is 27.7 Å². The van der Waals surface area contributed by atoms with Crippen LogP contribution in [0.25, 0.3) is 5.69 Å². The number of aromatic nitrogens is 6. The molecule has 2 aromatic heterocycles. The highest BCUT2D eigenvalue weighted by atomic mass is 15.5. The highest BCUT2D eigenvalue weighted by Gasteiger charge is 2.17. The SMILES string of the molecule is Cc1cccc(C)c1-n1nnnc1CN[C@@H](C)[C@@H](C)n1cccn1. The van der Waals surface area contributed by atoms with Crippen LogP contribution in [0.15, 0.2) is 36.7 Å². The summed E-state index contributed by atoms with van der Waals surface area (Å²) in [5, 5.41) is 20.0. The second-order valence-corrected chi connectivity index (χ2v) is 6.14. The molecule has 0 amide bonds. The molecular weight excluding hydrogens is 302 g/mol. The van der Waals surface area contributed by atoms with Gasteiger partial charge in [-0.2, -0.15) is 9.78 Å². The third-order valence-corrected chi connectivity index (χ3v) is 4.43. The van der Waals surface area contributed by atoms with Gasteiger partial charge in [0.05, 0.1) is 18.3 Å². The number of nitrogens with zero attached hydrogens (tertiary/aromatic N) is 6. The number of rotatable bonds is 6. The van der Waals surface area contributed by atoms with Crippen molar-refractivity contribution in [2.75, 3.05) is 0 Å². The van der Waals surface area contributed by atoms with Crippen molar-refractivity contribution in [1.82, 2.24) is 35.3 Å². The number of hydrogen-bond donors (Lipinski definition) is 1. The summed E-state index contributed by atoms with van der Waals surface area (Å²) in [4.78, 5) is 0. The minimum Gasteiger partial charge on any atom is -0.305 e. The third-order valence-electron chi connectivity index (χ3n) is 4.43. The van der Waals surface area contributed by atoms with Crippen LogP contribution in [0.4, 0.5) is 0 Å². The predicted octanol–water partition coefficient (Wildman–Crippen LogP) is 2.21. The van der Waals surface area contributed by atoms with E-state index in [0.29, 0.717) is 6.54 Å². The summed E-state index contributed by atoms with van der Waals surface area (Å²) in [5.74, 6) is 0.798. The lowest BCUT2D eigenvalue weighted by atomic mass is 10.1. The van der Waals surface area contributed by atoms with Gasteiger partial charge in [-0.15, -0.1) is 5.10 Å². The van der Waals surface area contributed by atoms with Crippen LogP contribution in [-0.2, 0) is 6.54 Å². The molecule has 126 valence electrons. The lowest BCUT2D eigenvalue weighted by Gasteiger charge is -2.21. The first kappa shape index (κ1) is 16.3. The van der Waals surface area contributed by atoms with Crippen LogP contribution in [0.1, 0.15) is 36.8 Å². The molecule has 7 nitrogen and oxygen atoms in total. The van der Waals surface area contributed by atoms with E-state index >= 15 is 0 Å². The molecule has 1 N–H and O–H groups in total. The minimum absolute atomic E-state index is 0.230. The number of hydrogen-bond acceptors (Lipinski definition) is 5. The molecule has 0 radical (unpaired) electrons. The summed E-state index contributed by atoms with van der Waals surface area (Å²) < 4.78 is 3.77. The molecule has 0 saturated heterocycles. The summed E-state index contributed by atoms with van der Waals surface area (Å²) in [6, 6.07) is 8.60. The van der Waals surface area contributed by atoms with Gasteiger partial charge < -0.3 is 5.32 Å². The summed E-state index contributed by atoms with van der Waals surface area (Å²) in [5.41, 5.74) is 3.36. The first-order valence-corrected chi connectivity index (χ1v) is 8.14. The van der Waals surface area contributed by atoms with Gasteiger partial charge in [-0.3, -0.25) is 4.68 Å². The Kier molecular flexibility index (Phi) is 4.71. The number of tetrazole rings is 1. The first-order chi connectivity index (χ1) is 11.6. The Morgan fingerprint density at radius 1 is 1.12 bits per heavy atom. The molecule has 0 unspecified atom stereocenters. The average Bonchev–Trinajstić information content (AvgIpc) is 3.23. The molecule has 3 aromatic rings. The van der Waals surface area contributed by atoms with E-state index in [1.165, 1.54) is 0 Å². The van der Waals surface area contributed by atoms with Crippen molar-refractivity contribution in [3.63, 3.8) is 0 Å². The lowest BCUT2D eigenvalue weighted by molar-refractivity contribution is 0.361. The zero-order valence-electron chi connectivity index (χ0n) is 14.5. The maximum atomic E-state index is 4.30. The smallest absolute Gasteiger partial charge is 0.170 e. The molecule has 0 fully saturated rings. The summed E-state index contributed by atoms with van der Waals surface area (Å²) in [6.45, 7) is 9.01. The molecule has 0 aliphatic heterocycles. The fraction of sp³-hybridized carbons (Fsp3) is 0.412. The predicted molar refractivity (Wildman–Crippen MR) is 91.9 cm³/mol. The van der Waals surface area contributed by atoms with Gasteiger partial charge in [0, 0.05) is 18.4 Å². The maximum Gasteiger partial charge on any atom is 0.170 e. The number of benzene rings is 1. The maximum absolute atomic E-state index is 4.30. The van der Waals surface area contributed by atoms with Crippen LogP contribution in [0.3, 0.4) is 0 Å². The Morgan fingerprint density at radius 3 is 2.54 bits per heavy atom. The van der Waals surface area contributed by atoms with Gasteiger partial charge >= 0.3 is 0 Å². The van der Waals surface area contributed by atoms with Crippen LogP contribution in [0.2, 0.25) is 0 Å². The Balaban J connectivity index is 1.75. The van der Waals surface area contributed by atoms with E-state index in [1.54, 1.807) is 6.20 Å². The van der Waals surface area contributed by atoms with Gasteiger partial charge in [0.1, 0.15) is 0 Å². The Morgan fingerprint density at radius 2 is 1.88 bits per heavy atom. The summed E-state index contributed by atoms with van der Waals surface area (Å²) in [7, 11) is 0. The van der Waals surface area contributed by atoms with Crippen LogP contribution >= 0.6 is 0 Å². The number of para-hydroxylation sites is 1. The largest absolute Gasteiger partial charge is 0.305 e. The fourth-order valence-corrected chi connectivity index (χ4v) is 2.80. The van der Waals surface area contributed by atoms with E-state index < -0.39 is 0 Å². The second kappa shape index (κ2) is 6.92. The van der Waals surface area contributed by atoms with Crippen molar-refractivity contribution in [3.05, 3.63) is 53.6 Å². The van der Waals surface area contributed by atoms with Crippen LogP contribution in [-0.4, -0.2) is 36.0 Å². The normalized spacial score (nSPS) is 13.8.